The summed E-state index contributed by atoms with van der Waals surface area (Å²) in [6.45, 7) is 10.1. The molecule has 1 atom stereocenters. The van der Waals surface area contributed by atoms with Crippen LogP contribution in [0.2, 0.25) is 0 Å². The third-order valence-electron chi connectivity index (χ3n) is 5.74. The maximum absolute atomic E-state index is 12.6. The van der Waals surface area contributed by atoms with Gasteiger partial charge in [0.25, 0.3) is 0 Å². The minimum atomic E-state index is -0.473. The van der Waals surface area contributed by atoms with E-state index >= 15 is 0 Å². The highest BCUT2D eigenvalue weighted by Crippen LogP contribution is 2.34. The minimum absolute atomic E-state index is 0.0456. The van der Waals surface area contributed by atoms with E-state index in [9.17, 15) is 14.4 Å². The van der Waals surface area contributed by atoms with Crippen LogP contribution in [0.1, 0.15) is 59.8 Å². The first-order chi connectivity index (χ1) is 12.3. The third kappa shape index (κ3) is 4.68. The van der Waals surface area contributed by atoms with Gasteiger partial charge >= 0.3 is 6.09 Å². The van der Waals surface area contributed by atoms with Crippen molar-refractivity contribution in [3.8, 4) is 0 Å². The molecule has 0 bridgehead atoms. The van der Waals surface area contributed by atoms with Crippen LogP contribution in [0.25, 0.3) is 0 Å². The first-order valence-corrected chi connectivity index (χ1v) is 9.88. The van der Waals surface area contributed by atoms with E-state index in [-0.39, 0.29) is 17.9 Å². The molecule has 7 heteroatoms. The highest BCUT2D eigenvalue weighted by Gasteiger charge is 2.48. The Balaban J connectivity index is 1.92. The number of nitrogens with one attached hydrogen (secondary N) is 1. The molecule has 148 valence electrons. The maximum Gasteiger partial charge on any atom is 0.410 e. The van der Waals surface area contributed by atoms with Crippen molar-refractivity contribution in [3.63, 3.8) is 0 Å². The molecule has 0 aromatic rings. The fourth-order valence-corrected chi connectivity index (χ4v) is 3.89. The fraction of sp³-hybridized carbons (Fsp3) is 0.842. The van der Waals surface area contributed by atoms with Crippen molar-refractivity contribution in [1.29, 1.82) is 0 Å². The number of ether oxygens (including phenoxy) is 1. The third-order valence-corrected chi connectivity index (χ3v) is 5.74. The normalized spacial score (nSPS) is 20.4. The highest BCUT2D eigenvalue weighted by atomic mass is 16.6. The number of rotatable bonds is 7. The van der Waals surface area contributed by atoms with Gasteiger partial charge in [-0.3, -0.25) is 9.59 Å². The molecule has 0 unspecified atom stereocenters. The summed E-state index contributed by atoms with van der Waals surface area (Å²) in [5, 5.41) is 2.71. The Morgan fingerprint density at radius 2 is 1.77 bits per heavy atom. The molecular formula is C19H33N3O4. The number of amides is 3. The van der Waals surface area contributed by atoms with Crippen LogP contribution in [0.15, 0.2) is 0 Å². The summed E-state index contributed by atoms with van der Waals surface area (Å²) >= 11 is 0. The Labute approximate surface area is 156 Å². The van der Waals surface area contributed by atoms with Gasteiger partial charge < -0.3 is 19.9 Å². The lowest BCUT2D eigenvalue weighted by Crippen LogP contribution is -2.54. The Bertz CT molecular complexity index is 525. The van der Waals surface area contributed by atoms with E-state index in [1.165, 1.54) is 6.92 Å². The van der Waals surface area contributed by atoms with Crippen molar-refractivity contribution < 1.29 is 19.1 Å². The van der Waals surface area contributed by atoms with Crippen molar-refractivity contribution in [2.75, 3.05) is 26.2 Å². The molecule has 1 spiro atoms. The van der Waals surface area contributed by atoms with Gasteiger partial charge in [-0.15, -0.1) is 0 Å². The first kappa shape index (κ1) is 20.5. The predicted octanol–water partition coefficient (Wildman–Crippen LogP) is 2.15. The van der Waals surface area contributed by atoms with Crippen LogP contribution in [0, 0.1) is 5.92 Å². The molecule has 2 aliphatic heterocycles. The lowest BCUT2D eigenvalue weighted by molar-refractivity contribution is -0.139. The standard InChI is InChI=1S/C19H33N3O4/c1-5-15(6-2)12-22-13-19(26-18(22)25)8-10-21(11-9-19)17(24)16(7-3)20-14(4)23/h15-16H,5-13H2,1-4H3,(H,20,23)/t16-/m1/s1. The van der Waals surface area contributed by atoms with Gasteiger partial charge in [0, 0.05) is 39.4 Å². The Hall–Kier alpha value is -1.79. The maximum atomic E-state index is 12.6. The summed E-state index contributed by atoms with van der Waals surface area (Å²) in [6, 6.07) is -0.473. The van der Waals surface area contributed by atoms with Crippen molar-refractivity contribution in [2.45, 2.75) is 71.4 Å². The van der Waals surface area contributed by atoms with Gasteiger partial charge in [0.2, 0.25) is 11.8 Å². The van der Waals surface area contributed by atoms with Gasteiger partial charge in [-0.2, -0.15) is 0 Å². The number of hydrogen-bond donors (Lipinski definition) is 1. The second-order valence-electron chi connectivity index (χ2n) is 7.60. The molecule has 2 saturated heterocycles. The van der Waals surface area contributed by atoms with E-state index in [0.29, 0.717) is 44.8 Å². The van der Waals surface area contributed by atoms with E-state index in [4.69, 9.17) is 4.74 Å². The Kier molecular flexibility index (Phi) is 6.89. The minimum Gasteiger partial charge on any atom is -0.441 e. The van der Waals surface area contributed by atoms with Crippen LogP contribution < -0.4 is 5.32 Å². The summed E-state index contributed by atoms with van der Waals surface area (Å²) in [5.41, 5.74) is -0.463. The van der Waals surface area contributed by atoms with Crippen molar-refractivity contribution in [2.24, 2.45) is 5.92 Å². The summed E-state index contributed by atoms with van der Waals surface area (Å²) in [6.07, 6.45) is 3.76. The number of carbonyl (C=O) groups excluding carboxylic acids is 3. The van der Waals surface area contributed by atoms with Crippen LogP contribution in [0.3, 0.4) is 0 Å². The molecule has 0 radical (unpaired) electrons. The molecular weight excluding hydrogens is 334 g/mol. The monoisotopic (exact) mass is 367 g/mol. The largest absolute Gasteiger partial charge is 0.441 e. The van der Waals surface area contributed by atoms with Crippen molar-refractivity contribution in [1.82, 2.24) is 15.1 Å². The lowest BCUT2D eigenvalue weighted by Gasteiger charge is -2.38. The second kappa shape index (κ2) is 8.73. The number of nitrogens with zero attached hydrogens (tertiary/aromatic N) is 2. The SMILES string of the molecule is CCC(CC)CN1CC2(CCN(C(=O)[C@@H](CC)NC(C)=O)CC2)OC1=O. The molecule has 0 aliphatic carbocycles. The van der Waals surface area contributed by atoms with Crippen LogP contribution in [0.4, 0.5) is 4.79 Å². The zero-order chi connectivity index (χ0) is 19.3. The summed E-state index contributed by atoms with van der Waals surface area (Å²) < 4.78 is 5.75. The van der Waals surface area contributed by atoms with Gasteiger partial charge in [0.15, 0.2) is 0 Å². The number of carbonyl (C=O) groups is 3. The first-order valence-electron chi connectivity index (χ1n) is 9.88. The van der Waals surface area contributed by atoms with E-state index in [1.807, 2.05) is 11.8 Å². The molecule has 1 N–H and O–H groups in total. The zero-order valence-corrected chi connectivity index (χ0v) is 16.5. The van der Waals surface area contributed by atoms with E-state index in [2.05, 4.69) is 19.2 Å². The molecule has 0 aromatic carbocycles. The average molecular weight is 367 g/mol. The molecule has 0 saturated carbocycles. The van der Waals surface area contributed by atoms with Crippen LogP contribution in [-0.4, -0.2) is 65.5 Å². The Morgan fingerprint density at radius 3 is 2.27 bits per heavy atom. The van der Waals surface area contributed by atoms with Crippen molar-refractivity contribution >= 4 is 17.9 Å². The van der Waals surface area contributed by atoms with Crippen LogP contribution in [-0.2, 0) is 14.3 Å². The topological polar surface area (TPSA) is 78.9 Å². The molecule has 2 rings (SSSR count). The molecule has 0 aromatic heterocycles. The summed E-state index contributed by atoms with van der Waals surface area (Å²) in [5.74, 6) is 0.263. The van der Waals surface area contributed by atoms with E-state index < -0.39 is 11.6 Å². The van der Waals surface area contributed by atoms with Gasteiger partial charge in [0.1, 0.15) is 11.6 Å². The molecule has 2 fully saturated rings. The number of likely N-dealkylation sites (tertiary alicyclic amines) is 1. The smallest absolute Gasteiger partial charge is 0.410 e. The van der Waals surface area contributed by atoms with Crippen LogP contribution in [0.5, 0.6) is 0 Å². The van der Waals surface area contributed by atoms with Crippen LogP contribution >= 0.6 is 0 Å². The molecule has 3 amide bonds. The van der Waals surface area contributed by atoms with E-state index in [1.54, 1.807) is 4.90 Å². The molecule has 2 heterocycles. The molecule has 7 nitrogen and oxygen atoms in total. The molecule has 2 aliphatic rings. The van der Waals surface area contributed by atoms with Crippen molar-refractivity contribution in [3.05, 3.63) is 0 Å². The Morgan fingerprint density at radius 1 is 1.15 bits per heavy atom. The second-order valence-corrected chi connectivity index (χ2v) is 7.60. The quantitative estimate of drug-likeness (QED) is 0.748. The summed E-state index contributed by atoms with van der Waals surface area (Å²) in [7, 11) is 0. The summed E-state index contributed by atoms with van der Waals surface area (Å²) in [4.78, 5) is 39.8. The average Bonchev–Trinajstić information content (AvgIpc) is 2.92. The lowest BCUT2D eigenvalue weighted by atomic mass is 9.90. The predicted molar refractivity (Wildman–Crippen MR) is 98.6 cm³/mol. The number of hydrogen-bond acceptors (Lipinski definition) is 4. The van der Waals surface area contributed by atoms with Gasteiger partial charge in [-0.1, -0.05) is 33.6 Å². The fourth-order valence-electron chi connectivity index (χ4n) is 3.89. The number of piperidine rings is 1. The highest BCUT2D eigenvalue weighted by molar-refractivity contribution is 5.87. The van der Waals surface area contributed by atoms with Gasteiger partial charge in [0.05, 0.1) is 6.54 Å². The van der Waals surface area contributed by atoms with Gasteiger partial charge in [-0.25, -0.2) is 4.79 Å². The van der Waals surface area contributed by atoms with E-state index in [0.717, 1.165) is 19.4 Å². The van der Waals surface area contributed by atoms with Gasteiger partial charge in [-0.05, 0) is 12.3 Å². The zero-order valence-electron chi connectivity index (χ0n) is 16.5. The molecule has 26 heavy (non-hydrogen) atoms.